The van der Waals surface area contributed by atoms with Crippen molar-refractivity contribution in [2.75, 3.05) is 5.43 Å². The topological polar surface area (TPSA) is 68.4 Å². The lowest BCUT2D eigenvalue weighted by molar-refractivity contribution is 0.0610. The summed E-state index contributed by atoms with van der Waals surface area (Å²) in [7, 11) is 0. The van der Waals surface area contributed by atoms with Crippen LogP contribution in [0.25, 0.3) is 0 Å². The summed E-state index contributed by atoms with van der Waals surface area (Å²) < 4.78 is 8.51. The summed E-state index contributed by atoms with van der Waals surface area (Å²) in [6.07, 6.45) is 1.08. The number of rotatable bonds is 1. The van der Waals surface area contributed by atoms with Crippen molar-refractivity contribution in [3.63, 3.8) is 0 Å². The second-order valence-corrected chi connectivity index (χ2v) is 5.62. The molecule has 0 saturated heterocycles. The molecule has 0 atom stereocenters. The molecule has 0 fully saturated rings. The van der Waals surface area contributed by atoms with Gasteiger partial charge in [-0.1, -0.05) is 0 Å². The van der Waals surface area contributed by atoms with Crippen LogP contribution in [0.5, 0.6) is 5.88 Å². The number of nitrogens with one attached hydrogen (secondary N) is 1. The average molecular weight is 271 g/mol. The number of fused-ring (bicyclic) bond motifs is 1. The molecule has 0 radical (unpaired) electrons. The van der Waals surface area contributed by atoms with Gasteiger partial charge in [0.15, 0.2) is 0 Å². The highest BCUT2D eigenvalue weighted by atomic mass is 32.1. The summed E-state index contributed by atoms with van der Waals surface area (Å²) >= 11 is 5.19. The van der Waals surface area contributed by atoms with E-state index in [2.05, 4.69) is 5.43 Å². The highest BCUT2D eigenvalue weighted by Crippen LogP contribution is 2.26. The van der Waals surface area contributed by atoms with E-state index < -0.39 is 11.7 Å². The number of imidazole rings is 1. The van der Waals surface area contributed by atoms with Crippen LogP contribution in [-0.2, 0) is 17.7 Å². The Kier molecular flexibility index (Phi) is 3.10. The van der Waals surface area contributed by atoms with Crippen molar-refractivity contribution in [1.82, 2.24) is 9.24 Å². The molecule has 0 aromatic carbocycles. The molecule has 100 valence electrons. The zero-order valence-corrected chi connectivity index (χ0v) is 11.5. The van der Waals surface area contributed by atoms with Crippen LogP contribution in [0, 0.1) is 4.77 Å². The van der Waals surface area contributed by atoms with E-state index in [1.165, 1.54) is 4.68 Å². The zero-order chi connectivity index (χ0) is 13.5. The van der Waals surface area contributed by atoms with Crippen molar-refractivity contribution in [3.8, 4) is 5.88 Å². The Labute approximate surface area is 110 Å². The van der Waals surface area contributed by atoms with Gasteiger partial charge in [-0.05, 0) is 45.8 Å². The minimum atomic E-state index is -0.641. The minimum Gasteiger partial charge on any atom is -0.492 e. The van der Waals surface area contributed by atoms with Gasteiger partial charge >= 0.3 is 6.09 Å². The highest BCUT2D eigenvalue weighted by Gasteiger charge is 2.24. The van der Waals surface area contributed by atoms with Crippen LogP contribution >= 0.6 is 12.2 Å². The normalized spacial score (nSPS) is 14.4. The van der Waals surface area contributed by atoms with Gasteiger partial charge < -0.3 is 14.4 Å². The van der Waals surface area contributed by atoms with E-state index >= 15 is 0 Å². The highest BCUT2D eigenvalue weighted by molar-refractivity contribution is 7.71. The molecule has 2 rings (SSSR count). The van der Waals surface area contributed by atoms with Crippen LogP contribution < -0.4 is 5.43 Å². The van der Waals surface area contributed by atoms with Crippen LogP contribution in [0.15, 0.2) is 0 Å². The summed E-state index contributed by atoms with van der Waals surface area (Å²) in [5.41, 5.74) is 2.61. The fraction of sp³-hybridized carbons (Fsp3) is 0.636. The van der Waals surface area contributed by atoms with Gasteiger partial charge in [0, 0.05) is 6.54 Å². The second-order valence-electron chi connectivity index (χ2n) is 5.26. The minimum absolute atomic E-state index is 0.0108. The summed E-state index contributed by atoms with van der Waals surface area (Å²) in [5, 5.41) is 9.98. The van der Waals surface area contributed by atoms with Gasteiger partial charge in [0.05, 0.1) is 5.69 Å². The van der Waals surface area contributed by atoms with E-state index in [1.54, 1.807) is 20.8 Å². The Bertz CT molecular complexity index is 539. The second kappa shape index (κ2) is 4.31. The molecule has 7 heteroatoms. The first-order valence-corrected chi connectivity index (χ1v) is 6.24. The first-order chi connectivity index (χ1) is 8.29. The Morgan fingerprint density at radius 1 is 1.50 bits per heavy atom. The predicted molar refractivity (Wildman–Crippen MR) is 68.8 cm³/mol. The quantitative estimate of drug-likeness (QED) is 0.768. The lowest BCUT2D eigenvalue weighted by atomic mass is 10.2. The molecule has 0 spiro atoms. The Morgan fingerprint density at radius 3 is 2.72 bits per heavy atom. The molecule has 18 heavy (non-hydrogen) atoms. The maximum absolute atomic E-state index is 11.6. The van der Waals surface area contributed by atoms with Crippen LogP contribution in [0.4, 0.5) is 4.79 Å². The molecule has 2 heterocycles. The van der Waals surface area contributed by atoms with Gasteiger partial charge in [-0.3, -0.25) is 0 Å². The number of aromatic hydroxyl groups is 1. The number of nitrogens with zero attached hydrogens (tertiary/aromatic N) is 2. The van der Waals surface area contributed by atoms with Crippen LogP contribution in [0.2, 0.25) is 0 Å². The largest absolute Gasteiger partial charge is 0.492 e. The van der Waals surface area contributed by atoms with E-state index in [0.29, 0.717) is 4.77 Å². The Morgan fingerprint density at radius 2 is 2.17 bits per heavy atom. The van der Waals surface area contributed by atoms with Crippen molar-refractivity contribution in [2.24, 2.45) is 0 Å². The number of hydrogen-bond donors (Lipinski definition) is 2. The van der Waals surface area contributed by atoms with Gasteiger partial charge in [0.2, 0.25) is 10.7 Å². The van der Waals surface area contributed by atoms with E-state index in [9.17, 15) is 9.90 Å². The lowest BCUT2D eigenvalue weighted by Crippen LogP contribution is -2.31. The summed E-state index contributed by atoms with van der Waals surface area (Å²) in [6, 6.07) is 0. The van der Waals surface area contributed by atoms with Gasteiger partial charge in [0.25, 0.3) is 0 Å². The molecular weight excluding hydrogens is 254 g/mol. The SMILES string of the molecule is CC(C)(C)OC(=O)Nn1c(O)c2n(c1=S)CCC2. The van der Waals surface area contributed by atoms with Crippen LogP contribution in [0.1, 0.15) is 32.9 Å². The number of aromatic nitrogens is 2. The van der Waals surface area contributed by atoms with E-state index in [4.69, 9.17) is 17.0 Å². The third-order valence-corrected chi connectivity index (χ3v) is 3.02. The van der Waals surface area contributed by atoms with E-state index in [0.717, 1.165) is 25.1 Å². The van der Waals surface area contributed by atoms with Crippen LogP contribution in [0.3, 0.4) is 0 Å². The summed E-state index contributed by atoms with van der Waals surface area (Å²) in [4.78, 5) is 11.6. The first-order valence-electron chi connectivity index (χ1n) is 5.83. The molecule has 6 nitrogen and oxygen atoms in total. The molecular formula is C11H17N3O3S. The molecule has 1 aliphatic rings. The van der Waals surface area contributed by atoms with Gasteiger partial charge in [-0.2, -0.15) is 4.68 Å². The van der Waals surface area contributed by atoms with Crippen LogP contribution in [-0.4, -0.2) is 26.0 Å². The number of amides is 1. The Balaban J connectivity index is 2.21. The molecule has 0 bridgehead atoms. The van der Waals surface area contributed by atoms with Crippen molar-refractivity contribution < 1.29 is 14.6 Å². The third-order valence-electron chi connectivity index (χ3n) is 2.62. The molecule has 1 amide bonds. The van der Waals surface area contributed by atoms with Crippen molar-refractivity contribution >= 4 is 18.3 Å². The smallest absolute Gasteiger partial charge is 0.427 e. The van der Waals surface area contributed by atoms with Crippen molar-refractivity contribution in [1.29, 1.82) is 0 Å². The van der Waals surface area contributed by atoms with E-state index in [-0.39, 0.29) is 5.88 Å². The summed E-state index contributed by atoms with van der Waals surface area (Å²) in [5.74, 6) is -0.0108. The molecule has 1 aromatic heterocycles. The first kappa shape index (κ1) is 12.9. The lowest BCUT2D eigenvalue weighted by Gasteiger charge is -2.19. The molecule has 0 aliphatic carbocycles. The van der Waals surface area contributed by atoms with Gasteiger partial charge in [-0.15, -0.1) is 0 Å². The third kappa shape index (κ3) is 2.35. The van der Waals surface area contributed by atoms with Gasteiger partial charge in [0.1, 0.15) is 5.60 Å². The maximum atomic E-state index is 11.6. The molecule has 1 aromatic rings. The van der Waals surface area contributed by atoms with E-state index in [1.807, 2.05) is 4.57 Å². The van der Waals surface area contributed by atoms with Crippen molar-refractivity contribution in [3.05, 3.63) is 10.5 Å². The standard InChI is InChI=1S/C11H17N3O3S/c1-11(2,3)17-9(16)12-14-8(15)7-5-4-6-13(7)10(14)18/h15H,4-6H2,1-3H3,(H,12,16). The number of carbonyl (C=O) groups is 1. The summed E-state index contributed by atoms with van der Waals surface area (Å²) in [6.45, 7) is 6.08. The fourth-order valence-electron chi connectivity index (χ4n) is 1.95. The molecule has 0 unspecified atom stereocenters. The number of ether oxygens (including phenoxy) is 1. The molecule has 2 N–H and O–H groups in total. The monoisotopic (exact) mass is 271 g/mol. The fourth-order valence-corrected chi connectivity index (χ4v) is 2.29. The molecule has 1 aliphatic heterocycles. The number of carbonyl (C=O) groups excluding carboxylic acids is 1. The van der Waals surface area contributed by atoms with Crippen molar-refractivity contribution in [2.45, 2.75) is 45.8 Å². The maximum Gasteiger partial charge on any atom is 0.427 e. The average Bonchev–Trinajstić information content (AvgIpc) is 2.76. The zero-order valence-electron chi connectivity index (χ0n) is 10.7. The Hall–Kier alpha value is -1.50. The molecule has 0 saturated carbocycles. The van der Waals surface area contributed by atoms with Gasteiger partial charge in [-0.25, -0.2) is 10.2 Å². The number of hydrogen-bond acceptors (Lipinski definition) is 4. The predicted octanol–water partition coefficient (Wildman–Crippen LogP) is 2.15.